The zero-order chi connectivity index (χ0) is 24.7. The number of rotatable bonds is 10. The first-order valence-corrected chi connectivity index (χ1v) is 12.3. The average molecular weight is 503 g/mol. The Balaban J connectivity index is 1.83. The molecule has 1 N–H and O–H groups in total. The molecule has 0 unspecified atom stereocenters. The highest BCUT2D eigenvalue weighted by Gasteiger charge is 2.27. The number of amides is 1. The van der Waals surface area contributed by atoms with Gasteiger partial charge in [0.25, 0.3) is 0 Å². The SMILES string of the molecule is COc1cccc(OC)c1CNC(=O)CN(Cc1ccc(C)cc1)S(=O)(=O)c1ccc(Cl)cc1. The quantitative estimate of drug-likeness (QED) is 0.449. The van der Waals surface area contributed by atoms with Gasteiger partial charge >= 0.3 is 0 Å². The molecule has 34 heavy (non-hydrogen) atoms. The number of halogens is 1. The van der Waals surface area contributed by atoms with Crippen LogP contribution in [0.1, 0.15) is 16.7 Å². The summed E-state index contributed by atoms with van der Waals surface area (Å²) in [6.45, 7) is 1.74. The predicted octanol–water partition coefficient (Wildman–Crippen LogP) is 4.17. The first-order valence-electron chi connectivity index (χ1n) is 10.5. The Morgan fingerprint density at radius 3 is 2.09 bits per heavy atom. The molecule has 3 aromatic carbocycles. The average Bonchev–Trinajstić information content (AvgIpc) is 2.83. The molecule has 0 atom stereocenters. The number of aryl methyl sites for hydroxylation is 1. The summed E-state index contributed by atoms with van der Waals surface area (Å²) in [6.07, 6.45) is 0. The largest absolute Gasteiger partial charge is 0.496 e. The van der Waals surface area contributed by atoms with Crippen molar-refractivity contribution in [2.45, 2.75) is 24.9 Å². The molecule has 9 heteroatoms. The van der Waals surface area contributed by atoms with E-state index < -0.39 is 15.9 Å². The van der Waals surface area contributed by atoms with Crippen LogP contribution in [0.15, 0.2) is 71.6 Å². The van der Waals surface area contributed by atoms with Gasteiger partial charge in [0, 0.05) is 11.6 Å². The van der Waals surface area contributed by atoms with Gasteiger partial charge in [0.15, 0.2) is 0 Å². The Labute approximate surface area is 205 Å². The molecular weight excluding hydrogens is 476 g/mol. The van der Waals surface area contributed by atoms with Crippen molar-refractivity contribution >= 4 is 27.5 Å². The number of carbonyl (C=O) groups excluding carboxylic acids is 1. The Hall–Kier alpha value is -3.07. The number of hydrogen-bond acceptors (Lipinski definition) is 5. The van der Waals surface area contributed by atoms with Crippen LogP contribution in [0.3, 0.4) is 0 Å². The molecule has 0 aromatic heterocycles. The minimum atomic E-state index is -3.97. The topological polar surface area (TPSA) is 84.9 Å². The van der Waals surface area contributed by atoms with E-state index in [0.29, 0.717) is 22.1 Å². The van der Waals surface area contributed by atoms with Gasteiger partial charge in [-0.25, -0.2) is 8.42 Å². The Morgan fingerprint density at radius 1 is 0.941 bits per heavy atom. The third-order valence-electron chi connectivity index (χ3n) is 5.24. The van der Waals surface area contributed by atoms with E-state index in [4.69, 9.17) is 21.1 Å². The molecule has 0 saturated heterocycles. The maximum absolute atomic E-state index is 13.4. The van der Waals surface area contributed by atoms with Crippen molar-refractivity contribution in [3.05, 3.63) is 88.4 Å². The van der Waals surface area contributed by atoms with E-state index >= 15 is 0 Å². The molecule has 0 bridgehead atoms. The summed E-state index contributed by atoms with van der Waals surface area (Å²) in [7, 11) is -0.906. The van der Waals surface area contributed by atoms with Crippen molar-refractivity contribution in [3.63, 3.8) is 0 Å². The Kier molecular flexibility index (Phi) is 8.55. The number of ether oxygens (including phenoxy) is 2. The van der Waals surface area contributed by atoms with Crippen molar-refractivity contribution < 1.29 is 22.7 Å². The molecule has 1 amide bonds. The van der Waals surface area contributed by atoms with Crippen LogP contribution in [0.4, 0.5) is 0 Å². The van der Waals surface area contributed by atoms with Gasteiger partial charge in [-0.05, 0) is 48.9 Å². The second kappa shape index (κ2) is 11.4. The highest BCUT2D eigenvalue weighted by atomic mass is 35.5. The fourth-order valence-electron chi connectivity index (χ4n) is 3.38. The maximum Gasteiger partial charge on any atom is 0.243 e. The minimum Gasteiger partial charge on any atom is -0.496 e. The summed E-state index contributed by atoms with van der Waals surface area (Å²) in [5, 5.41) is 3.20. The lowest BCUT2D eigenvalue weighted by Gasteiger charge is -2.22. The smallest absolute Gasteiger partial charge is 0.243 e. The number of hydrogen-bond donors (Lipinski definition) is 1. The lowest BCUT2D eigenvalue weighted by molar-refractivity contribution is -0.121. The second-order valence-electron chi connectivity index (χ2n) is 7.63. The van der Waals surface area contributed by atoms with Gasteiger partial charge in [0.2, 0.25) is 15.9 Å². The van der Waals surface area contributed by atoms with Crippen molar-refractivity contribution in [3.8, 4) is 11.5 Å². The van der Waals surface area contributed by atoms with Crippen molar-refractivity contribution in [1.82, 2.24) is 9.62 Å². The number of methoxy groups -OCH3 is 2. The number of nitrogens with zero attached hydrogens (tertiary/aromatic N) is 1. The van der Waals surface area contributed by atoms with E-state index in [2.05, 4.69) is 5.32 Å². The van der Waals surface area contributed by atoms with Gasteiger partial charge in [0.05, 0.1) is 37.8 Å². The van der Waals surface area contributed by atoms with Gasteiger partial charge in [-0.2, -0.15) is 4.31 Å². The molecule has 3 aromatic rings. The van der Waals surface area contributed by atoms with Crippen LogP contribution in [0, 0.1) is 6.92 Å². The highest BCUT2D eigenvalue weighted by Crippen LogP contribution is 2.28. The van der Waals surface area contributed by atoms with Crippen LogP contribution in [0.5, 0.6) is 11.5 Å². The molecule has 0 radical (unpaired) electrons. The van der Waals surface area contributed by atoms with E-state index in [1.165, 1.54) is 38.5 Å². The summed E-state index contributed by atoms with van der Waals surface area (Å²) < 4.78 is 38.7. The minimum absolute atomic E-state index is 0.0383. The van der Waals surface area contributed by atoms with E-state index in [-0.39, 0.29) is 24.5 Å². The van der Waals surface area contributed by atoms with Crippen molar-refractivity contribution in [2.75, 3.05) is 20.8 Å². The van der Waals surface area contributed by atoms with Gasteiger partial charge in [-0.15, -0.1) is 0 Å². The Bertz CT molecular complexity index is 1210. The van der Waals surface area contributed by atoms with E-state index in [1.807, 2.05) is 31.2 Å². The fraction of sp³-hybridized carbons (Fsp3) is 0.240. The first kappa shape index (κ1) is 25.6. The molecule has 3 rings (SSSR count). The summed E-state index contributed by atoms with van der Waals surface area (Å²) >= 11 is 5.93. The molecule has 0 aliphatic rings. The predicted molar refractivity (Wildman–Crippen MR) is 132 cm³/mol. The monoisotopic (exact) mass is 502 g/mol. The van der Waals surface area contributed by atoms with Crippen LogP contribution < -0.4 is 14.8 Å². The van der Waals surface area contributed by atoms with Crippen LogP contribution in [0.25, 0.3) is 0 Å². The summed E-state index contributed by atoms with van der Waals surface area (Å²) in [4.78, 5) is 12.9. The van der Waals surface area contributed by atoms with Crippen LogP contribution in [0.2, 0.25) is 5.02 Å². The number of benzene rings is 3. The number of sulfonamides is 1. The van der Waals surface area contributed by atoms with Crippen LogP contribution in [-0.2, 0) is 27.9 Å². The molecule has 7 nitrogen and oxygen atoms in total. The van der Waals surface area contributed by atoms with Crippen molar-refractivity contribution in [1.29, 1.82) is 0 Å². The van der Waals surface area contributed by atoms with E-state index in [9.17, 15) is 13.2 Å². The van der Waals surface area contributed by atoms with Crippen molar-refractivity contribution in [2.24, 2.45) is 0 Å². The summed E-state index contributed by atoms with van der Waals surface area (Å²) in [5.74, 6) is 0.660. The lowest BCUT2D eigenvalue weighted by atomic mass is 10.1. The van der Waals surface area contributed by atoms with E-state index in [1.54, 1.807) is 18.2 Å². The zero-order valence-corrected chi connectivity index (χ0v) is 20.8. The molecule has 180 valence electrons. The number of carbonyl (C=O) groups is 1. The van der Waals surface area contributed by atoms with Gasteiger partial charge in [0.1, 0.15) is 11.5 Å². The third kappa shape index (κ3) is 6.28. The maximum atomic E-state index is 13.4. The molecule has 0 heterocycles. The molecular formula is C25H27ClN2O5S. The van der Waals surface area contributed by atoms with E-state index in [0.717, 1.165) is 15.4 Å². The van der Waals surface area contributed by atoms with Crippen LogP contribution >= 0.6 is 11.6 Å². The molecule has 0 fully saturated rings. The molecule has 0 aliphatic carbocycles. The molecule has 0 aliphatic heterocycles. The lowest BCUT2D eigenvalue weighted by Crippen LogP contribution is -2.40. The van der Waals surface area contributed by atoms with Crippen LogP contribution in [-0.4, -0.2) is 39.4 Å². The fourth-order valence-corrected chi connectivity index (χ4v) is 4.89. The van der Waals surface area contributed by atoms with Gasteiger partial charge in [-0.3, -0.25) is 4.79 Å². The Morgan fingerprint density at radius 2 is 1.53 bits per heavy atom. The summed E-state index contributed by atoms with van der Waals surface area (Å²) in [6, 6.07) is 18.7. The zero-order valence-electron chi connectivity index (χ0n) is 19.2. The molecule has 0 saturated carbocycles. The summed E-state index contributed by atoms with van der Waals surface area (Å²) in [5.41, 5.74) is 2.48. The van der Waals surface area contributed by atoms with Gasteiger partial charge < -0.3 is 14.8 Å². The first-order chi connectivity index (χ1) is 16.2. The molecule has 0 spiro atoms. The standard InChI is InChI=1S/C25H27ClN2O5S/c1-18-7-9-19(10-8-18)16-28(34(30,31)21-13-11-20(26)12-14-21)17-25(29)27-15-22-23(32-2)5-4-6-24(22)33-3/h4-14H,15-17H2,1-3H3,(H,27,29). The second-order valence-corrected chi connectivity index (χ2v) is 10.0. The number of nitrogens with one attached hydrogen (secondary N) is 1. The third-order valence-corrected chi connectivity index (χ3v) is 7.30. The highest BCUT2D eigenvalue weighted by molar-refractivity contribution is 7.89. The van der Waals surface area contributed by atoms with Gasteiger partial charge in [-0.1, -0.05) is 47.5 Å². The normalized spacial score (nSPS) is 11.3.